The summed E-state index contributed by atoms with van der Waals surface area (Å²) in [5, 5.41) is 0.734. The van der Waals surface area contributed by atoms with Gasteiger partial charge in [0.05, 0.1) is 35.7 Å². The van der Waals surface area contributed by atoms with Crippen molar-refractivity contribution in [3.8, 4) is 0 Å². The van der Waals surface area contributed by atoms with Crippen LogP contribution in [0.1, 0.15) is 31.2 Å². The van der Waals surface area contributed by atoms with Crippen LogP contribution in [-0.2, 0) is 32.3 Å². The fourth-order valence-corrected chi connectivity index (χ4v) is 6.38. The first-order chi connectivity index (χ1) is 17.7. The number of carbonyl (C=O) groups excluding carboxylic acids is 1. The highest BCUT2D eigenvalue weighted by Gasteiger charge is 2.64. The molecule has 3 aromatic rings. The van der Waals surface area contributed by atoms with Gasteiger partial charge in [-0.05, 0) is 24.6 Å². The van der Waals surface area contributed by atoms with E-state index >= 15 is 0 Å². The zero-order valence-electron chi connectivity index (χ0n) is 19.2. The van der Waals surface area contributed by atoms with E-state index in [1.165, 1.54) is 12.7 Å². The lowest BCUT2D eigenvalue weighted by Crippen LogP contribution is -2.42. The summed E-state index contributed by atoms with van der Waals surface area (Å²) >= 11 is 12.1. The number of phosphoric acid groups is 1. The summed E-state index contributed by atoms with van der Waals surface area (Å²) in [4.78, 5) is 24.5. The molecule has 0 aliphatic carbocycles. The van der Waals surface area contributed by atoms with Crippen molar-refractivity contribution in [2.75, 3.05) is 18.9 Å². The maximum absolute atomic E-state index is 13.3. The topological polar surface area (TPSA) is 159 Å². The van der Waals surface area contributed by atoms with E-state index in [1.807, 2.05) is 0 Å². The van der Waals surface area contributed by atoms with Crippen molar-refractivity contribution in [2.24, 2.45) is 0 Å². The Balaban J connectivity index is 1.22. The van der Waals surface area contributed by atoms with Crippen LogP contribution in [0.15, 0.2) is 30.9 Å². The van der Waals surface area contributed by atoms with Gasteiger partial charge < -0.3 is 19.9 Å². The highest BCUT2D eigenvalue weighted by atomic mass is 35.5. The maximum atomic E-state index is 13.3. The summed E-state index contributed by atoms with van der Waals surface area (Å²) in [6.07, 6.45) is -0.989. The summed E-state index contributed by atoms with van der Waals surface area (Å²) in [6.45, 7) is 1.49. The molecule has 0 saturated carbocycles. The third kappa shape index (κ3) is 4.24. The molecular formula is C21H20Cl2N5O8P. The van der Waals surface area contributed by atoms with Crippen molar-refractivity contribution in [2.45, 2.75) is 43.5 Å². The van der Waals surface area contributed by atoms with Gasteiger partial charge in [-0.3, -0.25) is 18.1 Å². The number of carbonyl (C=O) groups is 1. The Kier molecular flexibility index (Phi) is 6.07. The molecule has 0 amide bonds. The van der Waals surface area contributed by atoms with Gasteiger partial charge in [-0.25, -0.2) is 24.3 Å². The van der Waals surface area contributed by atoms with Crippen LogP contribution in [-0.4, -0.2) is 56.7 Å². The minimum Gasteiger partial charge on any atom is -0.424 e. The molecule has 0 bridgehead atoms. The van der Waals surface area contributed by atoms with Crippen molar-refractivity contribution in [1.29, 1.82) is 0 Å². The molecule has 196 valence electrons. The van der Waals surface area contributed by atoms with Gasteiger partial charge in [0.1, 0.15) is 17.9 Å². The molecule has 3 aliphatic rings. The first-order valence-electron chi connectivity index (χ1n) is 11.2. The standard InChI is InChI=1S/C21H20Cl2N5O8P/c1-21-16(34-20(29)35-21)14(33-19(21)28-9-27-15-17(24)25-8-26-18(15)28)7-32-37(30)31-5-4-13(36-37)10-2-3-11(22)12(23)6-10/h2-3,6,8-9,13-14,16,19H,4-5,7H2,1H3,(H2,24,25,26)/t13?,14-,16-,19-,21-,37?/m1/s1. The summed E-state index contributed by atoms with van der Waals surface area (Å²) in [5.74, 6) is 0.184. The quantitative estimate of drug-likeness (QED) is 0.343. The number of halogens is 2. The third-order valence-electron chi connectivity index (χ3n) is 6.46. The largest absolute Gasteiger partial charge is 0.509 e. The van der Waals surface area contributed by atoms with Crippen LogP contribution < -0.4 is 5.73 Å². The first kappa shape index (κ1) is 24.8. The van der Waals surface area contributed by atoms with E-state index in [9.17, 15) is 9.36 Å². The highest BCUT2D eigenvalue weighted by Crippen LogP contribution is 2.58. The number of aromatic nitrogens is 4. The molecular weight excluding hydrogens is 552 g/mol. The Hall–Kier alpha value is -2.51. The molecule has 3 saturated heterocycles. The lowest BCUT2D eigenvalue weighted by atomic mass is 9.96. The molecule has 13 nitrogen and oxygen atoms in total. The predicted molar refractivity (Wildman–Crippen MR) is 128 cm³/mol. The molecule has 37 heavy (non-hydrogen) atoms. The average molecular weight is 572 g/mol. The van der Waals surface area contributed by atoms with Gasteiger partial charge in [0.15, 0.2) is 29.4 Å². The average Bonchev–Trinajstić information content (AvgIpc) is 3.49. The number of imidazole rings is 1. The van der Waals surface area contributed by atoms with Gasteiger partial charge in [0, 0.05) is 6.42 Å². The van der Waals surface area contributed by atoms with Crippen molar-refractivity contribution >= 4 is 54.2 Å². The summed E-state index contributed by atoms with van der Waals surface area (Å²) in [6, 6.07) is 5.00. The number of fused-ring (bicyclic) bond motifs is 2. The van der Waals surface area contributed by atoms with E-state index in [0.717, 1.165) is 0 Å². The van der Waals surface area contributed by atoms with Crippen LogP contribution in [0, 0.1) is 0 Å². The number of rotatable bonds is 5. The molecule has 2 unspecified atom stereocenters. The summed E-state index contributed by atoms with van der Waals surface area (Å²) < 4.78 is 48.7. The third-order valence-corrected chi connectivity index (χ3v) is 8.68. The highest BCUT2D eigenvalue weighted by molar-refractivity contribution is 7.48. The van der Waals surface area contributed by atoms with E-state index < -0.39 is 44.1 Å². The summed E-state index contributed by atoms with van der Waals surface area (Å²) in [5.41, 5.74) is 6.04. The molecule has 16 heteroatoms. The van der Waals surface area contributed by atoms with Gasteiger partial charge in [0.2, 0.25) is 0 Å². The number of phosphoric ester groups is 1. The second-order valence-electron chi connectivity index (χ2n) is 8.82. The number of nitrogens with zero attached hydrogens (tertiary/aromatic N) is 4. The molecule has 2 N–H and O–H groups in total. The molecule has 5 heterocycles. The van der Waals surface area contributed by atoms with Gasteiger partial charge in [-0.1, -0.05) is 29.3 Å². The first-order valence-corrected chi connectivity index (χ1v) is 13.4. The van der Waals surface area contributed by atoms with Crippen LogP contribution in [0.3, 0.4) is 0 Å². The van der Waals surface area contributed by atoms with Gasteiger partial charge in [0.25, 0.3) is 0 Å². The lowest BCUT2D eigenvalue weighted by Gasteiger charge is -2.30. The van der Waals surface area contributed by atoms with E-state index in [0.29, 0.717) is 33.2 Å². The normalized spacial score (nSPS) is 33.3. The molecule has 6 atom stereocenters. The Bertz CT molecular complexity index is 1440. The van der Waals surface area contributed by atoms with Gasteiger partial charge >= 0.3 is 14.0 Å². The second kappa shape index (κ2) is 9.05. The van der Waals surface area contributed by atoms with Crippen molar-refractivity contribution in [3.05, 3.63) is 46.5 Å². The molecule has 3 aliphatic heterocycles. The lowest BCUT2D eigenvalue weighted by molar-refractivity contribution is -0.0925. The number of ether oxygens (including phenoxy) is 3. The fraction of sp³-hybridized carbons (Fsp3) is 0.429. The van der Waals surface area contributed by atoms with Crippen molar-refractivity contribution in [1.82, 2.24) is 19.5 Å². The molecule has 6 rings (SSSR count). The number of anilines is 1. The van der Waals surface area contributed by atoms with E-state index in [-0.39, 0.29) is 19.0 Å². The predicted octanol–water partition coefficient (Wildman–Crippen LogP) is 4.21. The minimum absolute atomic E-state index is 0.123. The Labute approximate surface area is 219 Å². The zero-order chi connectivity index (χ0) is 25.9. The molecule has 0 spiro atoms. The summed E-state index contributed by atoms with van der Waals surface area (Å²) in [7, 11) is -4.01. The maximum Gasteiger partial charge on any atom is 0.509 e. The molecule has 3 fully saturated rings. The zero-order valence-corrected chi connectivity index (χ0v) is 21.6. The fourth-order valence-electron chi connectivity index (χ4n) is 4.68. The van der Waals surface area contributed by atoms with Gasteiger partial charge in [-0.2, -0.15) is 0 Å². The van der Waals surface area contributed by atoms with Crippen LogP contribution in [0.25, 0.3) is 11.2 Å². The number of hydrogen-bond donors (Lipinski definition) is 1. The molecule has 2 aromatic heterocycles. The molecule has 0 radical (unpaired) electrons. The Morgan fingerprint density at radius 3 is 2.92 bits per heavy atom. The number of benzene rings is 1. The number of hydrogen-bond acceptors (Lipinski definition) is 12. The van der Waals surface area contributed by atoms with Crippen LogP contribution in [0.4, 0.5) is 10.6 Å². The Morgan fingerprint density at radius 2 is 2.11 bits per heavy atom. The monoisotopic (exact) mass is 571 g/mol. The van der Waals surface area contributed by atoms with Crippen LogP contribution >= 0.6 is 31.0 Å². The number of nitrogens with two attached hydrogens (primary N) is 1. The van der Waals surface area contributed by atoms with E-state index in [4.69, 9.17) is 56.7 Å². The van der Waals surface area contributed by atoms with E-state index in [2.05, 4.69) is 15.0 Å². The van der Waals surface area contributed by atoms with Crippen LogP contribution in [0.5, 0.6) is 0 Å². The smallest absolute Gasteiger partial charge is 0.424 e. The minimum atomic E-state index is -4.01. The Morgan fingerprint density at radius 1 is 1.27 bits per heavy atom. The van der Waals surface area contributed by atoms with Gasteiger partial charge in [-0.15, -0.1) is 0 Å². The van der Waals surface area contributed by atoms with E-state index in [1.54, 1.807) is 29.7 Å². The molecule has 1 aromatic carbocycles. The van der Waals surface area contributed by atoms with Crippen molar-refractivity contribution in [3.63, 3.8) is 0 Å². The number of nitrogen functional groups attached to an aromatic ring is 1. The van der Waals surface area contributed by atoms with Crippen molar-refractivity contribution < 1.29 is 37.1 Å². The SMILES string of the molecule is C[C@@]12OC(=O)O[C@@H]1[C@@H](COP1(=O)OCCC(c3ccc(Cl)c(Cl)c3)O1)O[C@H]2n1cnc2c(N)ncnc21. The van der Waals surface area contributed by atoms with Crippen LogP contribution in [0.2, 0.25) is 10.0 Å². The second-order valence-corrected chi connectivity index (χ2v) is 11.3.